The Hall–Kier alpha value is -2.12. The molecule has 1 aromatic carbocycles. The molecule has 0 aliphatic heterocycles. The number of carbonyl (C=O) groups is 1. The molecule has 0 radical (unpaired) electrons. The van der Waals surface area contributed by atoms with Gasteiger partial charge in [-0.05, 0) is 18.2 Å². The number of benzene rings is 1. The molecule has 20 heavy (non-hydrogen) atoms. The largest absolute Gasteiger partial charge is 0.320 e. The number of anilines is 1. The second-order valence-electron chi connectivity index (χ2n) is 3.88. The molecule has 0 spiro atoms. The average Bonchev–Trinajstić information content (AvgIpc) is 2.76. The Morgan fingerprint density at radius 2 is 2.10 bits per heavy atom. The van der Waals surface area contributed by atoms with Crippen LogP contribution in [0.2, 0.25) is 10.0 Å². The quantitative estimate of drug-likeness (QED) is 0.696. The molecule has 0 saturated carbocycles. The molecular formula is C11H8Cl2N4O3. The summed E-state index contributed by atoms with van der Waals surface area (Å²) in [5.74, 6) is -0.698. The Bertz CT molecular complexity index is 699. The lowest BCUT2D eigenvalue weighted by atomic mass is 10.3. The van der Waals surface area contributed by atoms with Gasteiger partial charge in [-0.25, -0.2) is 0 Å². The molecule has 1 heterocycles. The van der Waals surface area contributed by atoms with E-state index in [0.717, 1.165) is 6.20 Å². The van der Waals surface area contributed by atoms with E-state index in [1.165, 1.54) is 29.9 Å². The molecule has 0 unspecified atom stereocenters. The Morgan fingerprint density at radius 1 is 1.40 bits per heavy atom. The van der Waals surface area contributed by atoms with Crippen molar-refractivity contribution in [2.75, 3.05) is 5.32 Å². The lowest BCUT2D eigenvalue weighted by molar-refractivity contribution is -0.385. The number of amides is 1. The van der Waals surface area contributed by atoms with Crippen LogP contribution in [0.5, 0.6) is 0 Å². The summed E-state index contributed by atoms with van der Waals surface area (Å²) in [5.41, 5.74) is -0.280. The number of aromatic nitrogens is 2. The summed E-state index contributed by atoms with van der Waals surface area (Å²) in [4.78, 5) is 22.1. The summed E-state index contributed by atoms with van der Waals surface area (Å²) in [6.45, 7) is 0. The van der Waals surface area contributed by atoms with Crippen molar-refractivity contribution in [3.8, 4) is 0 Å². The fourth-order valence-electron chi connectivity index (χ4n) is 1.54. The smallest absolute Gasteiger partial charge is 0.320 e. The van der Waals surface area contributed by atoms with Crippen LogP contribution < -0.4 is 5.32 Å². The van der Waals surface area contributed by atoms with Gasteiger partial charge in [0.25, 0.3) is 5.91 Å². The highest BCUT2D eigenvalue weighted by Crippen LogP contribution is 2.26. The fourth-order valence-corrected chi connectivity index (χ4v) is 1.83. The molecule has 0 aliphatic carbocycles. The van der Waals surface area contributed by atoms with E-state index in [4.69, 9.17) is 23.2 Å². The maximum Gasteiger partial charge on any atom is 0.320 e. The molecule has 9 heteroatoms. The average molecular weight is 315 g/mol. The van der Waals surface area contributed by atoms with Crippen molar-refractivity contribution in [2.45, 2.75) is 0 Å². The number of nitro groups is 1. The Labute approximate surface area is 123 Å². The number of carbonyl (C=O) groups excluding carboxylic acids is 1. The van der Waals surface area contributed by atoms with E-state index in [1.54, 1.807) is 0 Å². The molecule has 104 valence electrons. The lowest BCUT2D eigenvalue weighted by Crippen LogP contribution is -2.14. The van der Waals surface area contributed by atoms with E-state index in [9.17, 15) is 14.9 Å². The summed E-state index contributed by atoms with van der Waals surface area (Å²) in [6.07, 6.45) is 1.16. The molecule has 0 bridgehead atoms. The minimum Gasteiger partial charge on any atom is -0.320 e. The first-order chi connectivity index (χ1) is 9.38. The maximum absolute atomic E-state index is 12.0. The number of rotatable bonds is 3. The van der Waals surface area contributed by atoms with Crippen molar-refractivity contribution < 1.29 is 9.72 Å². The minimum absolute atomic E-state index is 0.264. The van der Waals surface area contributed by atoms with Crippen molar-refractivity contribution >= 4 is 40.5 Å². The van der Waals surface area contributed by atoms with Crippen molar-refractivity contribution in [2.24, 2.45) is 7.05 Å². The van der Waals surface area contributed by atoms with Crippen LogP contribution in [0.4, 0.5) is 11.4 Å². The first-order valence-electron chi connectivity index (χ1n) is 5.33. The van der Waals surface area contributed by atoms with Crippen LogP contribution in [0.1, 0.15) is 10.5 Å². The van der Waals surface area contributed by atoms with E-state index in [-0.39, 0.29) is 16.4 Å². The van der Waals surface area contributed by atoms with Gasteiger partial charge in [-0.3, -0.25) is 19.6 Å². The van der Waals surface area contributed by atoms with Gasteiger partial charge in [0.15, 0.2) is 0 Å². The van der Waals surface area contributed by atoms with Gasteiger partial charge in [0, 0.05) is 12.7 Å². The first-order valence-corrected chi connectivity index (χ1v) is 6.08. The van der Waals surface area contributed by atoms with Gasteiger partial charge in [0.2, 0.25) is 5.69 Å². The van der Waals surface area contributed by atoms with Gasteiger partial charge in [-0.1, -0.05) is 23.2 Å². The van der Waals surface area contributed by atoms with Gasteiger partial charge < -0.3 is 5.32 Å². The molecular weight excluding hydrogens is 307 g/mol. The molecule has 0 saturated heterocycles. The van der Waals surface area contributed by atoms with Crippen LogP contribution in [0.3, 0.4) is 0 Å². The Balaban J connectivity index is 2.28. The molecule has 0 aliphatic rings. The fraction of sp³-hybridized carbons (Fsp3) is 0.0909. The van der Waals surface area contributed by atoms with Crippen LogP contribution >= 0.6 is 23.2 Å². The van der Waals surface area contributed by atoms with Crippen molar-refractivity contribution in [3.05, 3.63) is 50.2 Å². The standard InChI is InChI=1S/C11H8Cl2N4O3/c1-16-5-9(17(19)20)10(15-16)11(18)14-6-2-3-7(12)8(13)4-6/h2-5H,1H3,(H,14,18). The second-order valence-corrected chi connectivity index (χ2v) is 4.69. The van der Waals surface area contributed by atoms with E-state index in [2.05, 4.69) is 10.4 Å². The predicted octanol–water partition coefficient (Wildman–Crippen LogP) is 2.89. The third kappa shape index (κ3) is 2.89. The highest BCUT2D eigenvalue weighted by Gasteiger charge is 2.25. The van der Waals surface area contributed by atoms with Crippen LogP contribution in [-0.2, 0) is 7.05 Å². The zero-order valence-corrected chi connectivity index (χ0v) is 11.6. The Morgan fingerprint density at radius 3 is 2.70 bits per heavy atom. The lowest BCUT2D eigenvalue weighted by Gasteiger charge is -2.04. The number of hydrogen-bond acceptors (Lipinski definition) is 4. The van der Waals surface area contributed by atoms with E-state index >= 15 is 0 Å². The minimum atomic E-state index is -0.698. The van der Waals surface area contributed by atoms with Crippen molar-refractivity contribution in [1.82, 2.24) is 9.78 Å². The Kier molecular flexibility index (Phi) is 3.91. The zero-order chi connectivity index (χ0) is 14.9. The highest BCUT2D eigenvalue weighted by molar-refractivity contribution is 6.42. The summed E-state index contributed by atoms with van der Waals surface area (Å²) < 4.78 is 1.20. The van der Waals surface area contributed by atoms with Crippen molar-refractivity contribution in [1.29, 1.82) is 0 Å². The second kappa shape index (κ2) is 5.48. The first kappa shape index (κ1) is 14.3. The molecule has 1 aromatic heterocycles. The van der Waals surface area contributed by atoms with E-state index in [1.807, 2.05) is 0 Å². The van der Waals surface area contributed by atoms with Gasteiger partial charge in [0.05, 0.1) is 15.0 Å². The number of nitrogens with one attached hydrogen (secondary N) is 1. The van der Waals surface area contributed by atoms with E-state index < -0.39 is 10.8 Å². The SMILES string of the molecule is Cn1cc([N+](=O)[O-])c(C(=O)Nc2ccc(Cl)c(Cl)c2)n1. The molecule has 1 N–H and O–H groups in total. The van der Waals surface area contributed by atoms with Gasteiger partial charge >= 0.3 is 5.69 Å². The maximum atomic E-state index is 12.0. The normalized spacial score (nSPS) is 10.3. The van der Waals surface area contributed by atoms with Crippen LogP contribution in [-0.4, -0.2) is 20.6 Å². The molecule has 1 amide bonds. The third-order valence-electron chi connectivity index (χ3n) is 2.40. The highest BCUT2D eigenvalue weighted by atomic mass is 35.5. The molecule has 0 atom stereocenters. The van der Waals surface area contributed by atoms with E-state index in [0.29, 0.717) is 10.7 Å². The summed E-state index contributed by atoms with van der Waals surface area (Å²) in [6, 6.07) is 4.48. The zero-order valence-electron chi connectivity index (χ0n) is 10.1. The monoisotopic (exact) mass is 314 g/mol. The van der Waals surface area contributed by atoms with Crippen LogP contribution in [0.15, 0.2) is 24.4 Å². The van der Waals surface area contributed by atoms with Crippen LogP contribution in [0.25, 0.3) is 0 Å². The summed E-state index contributed by atoms with van der Waals surface area (Å²) in [5, 5.41) is 17.7. The third-order valence-corrected chi connectivity index (χ3v) is 3.14. The predicted molar refractivity (Wildman–Crippen MR) is 74.3 cm³/mol. The number of aryl methyl sites for hydroxylation is 1. The topological polar surface area (TPSA) is 90.1 Å². The van der Waals surface area contributed by atoms with Gasteiger partial charge in [-0.15, -0.1) is 0 Å². The number of halogens is 2. The van der Waals surface area contributed by atoms with Crippen molar-refractivity contribution in [3.63, 3.8) is 0 Å². The molecule has 7 nitrogen and oxygen atoms in total. The molecule has 0 fully saturated rings. The molecule has 2 rings (SSSR count). The number of hydrogen-bond donors (Lipinski definition) is 1. The molecule has 2 aromatic rings. The van der Waals surface area contributed by atoms with Gasteiger partial charge in [-0.2, -0.15) is 5.10 Å². The van der Waals surface area contributed by atoms with Crippen LogP contribution in [0, 0.1) is 10.1 Å². The summed E-state index contributed by atoms with van der Waals surface area (Å²) in [7, 11) is 1.49. The summed E-state index contributed by atoms with van der Waals surface area (Å²) >= 11 is 11.6. The van der Waals surface area contributed by atoms with Gasteiger partial charge in [0.1, 0.15) is 6.20 Å². The number of nitrogens with zero attached hydrogens (tertiary/aromatic N) is 3.